The van der Waals surface area contributed by atoms with E-state index in [9.17, 15) is 14.4 Å². The lowest BCUT2D eigenvalue weighted by Gasteiger charge is -2.39. The highest BCUT2D eigenvalue weighted by atomic mass is 16.6. The molecule has 27 heavy (non-hydrogen) atoms. The van der Waals surface area contributed by atoms with Gasteiger partial charge in [0.25, 0.3) is 5.91 Å². The lowest BCUT2D eigenvalue weighted by atomic mass is 9.84. The van der Waals surface area contributed by atoms with Gasteiger partial charge in [0.15, 0.2) is 5.60 Å². The summed E-state index contributed by atoms with van der Waals surface area (Å²) in [5, 5.41) is 0. The predicted octanol–water partition coefficient (Wildman–Crippen LogP) is 2.78. The van der Waals surface area contributed by atoms with Gasteiger partial charge >= 0.3 is 11.9 Å². The molecule has 2 aromatic rings. The average Bonchev–Trinajstić information content (AvgIpc) is 2.98. The molecule has 1 amide bonds. The SMILES string of the molecule is COC(=O)c1ccccc1C(=O)N1CCCC2(C1)OC(=O)c1ccccc12. The van der Waals surface area contributed by atoms with Gasteiger partial charge in [-0.05, 0) is 31.0 Å². The monoisotopic (exact) mass is 365 g/mol. The number of ether oxygens (including phenoxy) is 2. The minimum Gasteiger partial charge on any atom is -0.465 e. The van der Waals surface area contributed by atoms with E-state index < -0.39 is 11.6 Å². The number of nitrogens with zero attached hydrogens (tertiary/aromatic N) is 1. The van der Waals surface area contributed by atoms with Crippen molar-refractivity contribution in [1.82, 2.24) is 4.90 Å². The first kappa shape index (κ1) is 17.3. The van der Waals surface area contributed by atoms with E-state index in [-0.39, 0.29) is 24.0 Å². The lowest BCUT2D eigenvalue weighted by Crippen LogP contribution is -2.49. The van der Waals surface area contributed by atoms with E-state index in [0.29, 0.717) is 30.5 Å². The highest BCUT2D eigenvalue weighted by molar-refractivity contribution is 6.05. The van der Waals surface area contributed by atoms with Crippen molar-refractivity contribution in [2.45, 2.75) is 18.4 Å². The largest absolute Gasteiger partial charge is 0.465 e. The number of hydrogen-bond donors (Lipinski definition) is 0. The molecule has 2 aliphatic heterocycles. The summed E-state index contributed by atoms with van der Waals surface area (Å²) >= 11 is 0. The number of amides is 1. The van der Waals surface area contributed by atoms with Crippen molar-refractivity contribution in [2.75, 3.05) is 20.2 Å². The Balaban J connectivity index is 1.67. The first-order valence-corrected chi connectivity index (χ1v) is 8.85. The third-order valence-corrected chi connectivity index (χ3v) is 5.23. The van der Waals surface area contributed by atoms with E-state index >= 15 is 0 Å². The van der Waals surface area contributed by atoms with Crippen LogP contribution in [0.2, 0.25) is 0 Å². The molecule has 0 saturated carbocycles. The predicted molar refractivity (Wildman–Crippen MR) is 96.5 cm³/mol. The van der Waals surface area contributed by atoms with E-state index in [1.807, 2.05) is 12.1 Å². The Hall–Kier alpha value is -3.15. The fraction of sp³-hybridized carbons (Fsp3) is 0.286. The number of esters is 2. The molecule has 0 aromatic heterocycles. The first-order valence-electron chi connectivity index (χ1n) is 8.85. The molecule has 0 aliphatic carbocycles. The van der Waals surface area contributed by atoms with Crippen molar-refractivity contribution in [3.8, 4) is 0 Å². The van der Waals surface area contributed by atoms with Crippen LogP contribution in [0.5, 0.6) is 0 Å². The van der Waals surface area contributed by atoms with Gasteiger partial charge in [0.2, 0.25) is 0 Å². The standard InChI is InChI=1S/C21H19NO5/c1-26-19(24)15-8-3-2-7-14(15)18(23)22-12-6-11-21(13-22)17-10-5-4-9-16(17)20(25)27-21/h2-5,7-10H,6,11-13H2,1H3. The summed E-state index contributed by atoms with van der Waals surface area (Å²) in [7, 11) is 1.29. The van der Waals surface area contributed by atoms with E-state index in [0.717, 1.165) is 5.56 Å². The Kier molecular flexibility index (Phi) is 4.18. The molecule has 0 bridgehead atoms. The van der Waals surface area contributed by atoms with Crippen molar-refractivity contribution < 1.29 is 23.9 Å². The Morgan fingerprint density at radius 1 is 1.07 bits per heavy atom. The van der Waals surface area contributed by atoms with Crippen molar-refractivity contribution in [1.29, 1.82) is 0 Å². The summed E-state index contributed by atoms with van der Waals surface area (Å²) in [4.78, 5) is 39.1. The molecular weight excluding hydrogens is 346 g/mol. The Morgan fingerprint density at radius 3 is 2.56 bits per heavy atom. The molecule has 0 N–H and O–H groups in total. The number of benzene rings is 2. The summed E-state index contributed by atoms with van der Waals surface area (Å²) in [6.07, 6.45) is 1.37. The number of likely N-dealkylation sites (tertiary alicyclic amines) is 1. The Morgan fingerprint density at radius 2 is 1.78 bits per heavy atom. The quantitative estimate of drug-likeness (QED) is 0.765. The molecule has 2 aromatic carbocycles. The zero-order valence-electron chi connectivity index (χ0n) is 14.9. The third-order valence-electron chi connectivity index (χ3n) is 5.23. The smallest absolute Gasteiger partial charge is 0.339 e. The van der Waals surface area contributed by atoms with Gasteiger partial charge in [-0.2, -0.15) is 0 Å². The number of carbonyl (C=O) groups is 3. The van der Waals surface area contributed by atoms with Gasteiger partial charge in [-0.25, -0.2) is 9.59 Å². The molecule has 1 atom stereocenters. The number of rotatable bonds is 2. The van der Waals surface area contributed by atoms with Crippen LogP contribution >= 0.6 is 0 Å². The second-order valence-electron chi connectivity index (χ2n) is 6.80. The summed E-state index contributed by atoms with van der Waals surface area (Å²) in [6, 6.07) is 13.9. The van der Waals surface area contributed by atoms with Gasteiger partial charge in [0.05, 0.1) is 30.3 Å². The molecule has 6 heteroatoms. The number of piperidine rings is 1. The Labute approximate surface area is 156 Å². The Bertz CT molecular complexity index is 938. The highest BCUT2D eigenvalue weighted by Crippen LogP contribution is 2.43. The summed E-state index contributed by atoms with van der Waals surface area (Å²) in [6.45, 7) is 0.805. The van der Waals surface area contributed by atoms with Crippen LogP contribution in [0.15, 0.2) is 48.5 Å². The maximum absolute atomic E-state index is 13.2. The highest BCUT2D eigenvalue weighted by Gasteiger charge is 2.48. The van der Waals surface area contributed by atoms with Crippen molar-refractivity contribution in [3.05, 3.63) is 70.8 Å². The lowest BCUT2D eigenvalue weighted by molar-refractivity contribution is -0.0442. The van der Waals surface area contributed by atoms with Gasteiger partial charge in [-0.3, -0.25) is 4.79 Å². The maximum Gasteiger partial charge on any atom is 0.339 e. The molecule has 2 heterocycles. The second-order valence-corrected chi connectivity index (χ2v) is 6.80. The van der Waals surface area contributed by atoms with Crippen molar-refractivity contribution in [3.63, 3.8) is 0 Å². The van der Waals surface area contributed by atoms with E-state index in [4.69, 9.17) is 9.47 Å². The summed E-state index contributed by atoms with van der Waals surface area (Å²) < 4.78 is 10.5. The van der Waals surface area contributed by atoms with Crippen LogP contribution in [0.1, 0.15) is 49.5 Å². The zero-order valence-corrected chi connectivity index (χ0v) is 14.9. The molecule has 4 rings (SSSR count). The van der Waals surface area contributed by atoms with Crippen molar-refractivity contribution >= 4 is 17.8 Å². The van der Waals surface area contributed by atoms with Gasteiger partial charge in [0, 0.05) is 12.1 Å². The molecular formula is C21H19NO5. The fourth-order valence-corrected chi connectivity index (χ4v) is 3.97. The molecule has 1 spiro atoms. The van der Waals surface area contributed by atoms with Gasteiger partial charge in [-0.1, -0.05) is 30.3 Å². The number of hydrogen-bond acceptors (Lipinski definition) is 5. The third kappa shape index (κ3) is 2.77. The topological polar surface area (TPSA) is 72.9 Å². The van der Waals surface area contributed by atoms with Gasteiger partial charge in [-0.15, -0.1) is 0 Å². The molecule has 2 aliphatic rings. The van der Waals surface area contributed by atoms with Crippen LogP contribution in [0.3, 0.4) is 0 Å². The molecule has 0 radical (unpaired) electrons. The molecule has 1 fully saturated rings. The van der Waals surface area contributed by atoms with Crippen LogP contribution in [-0.4, -0.2) is 42.9 Å². The van der Waals surface area contributed by atoms with Crippen molar-refractivity contribution in [2.24, 2.45) is 0 Å². The van der Waals surface area contributed by atoms with Crippen LogP contribution < -0.4 is 0 Å². The molecule has 138 valence electrons. The van der Waals surface area contributed by atoms with E-state index in [1.54, 1.807) is 41.3 Å². The number of fused-ring (bicyclic) bond motifs is 2. The van der Waals surface area contributed by atoms with E-state index in [2.05, 4.69) is 0 Å². The first-order chi connectivity index (χ1) is 13.1. The molecule has 1 unspecified atom stereocenters. The van der Waals surface area contributed by atoms with E-state index in [1.165, 1.54) is 7.11 Å². The number of methoxy groups -OCH3 is 1. The zero-order chi connectivity index (χ0) is 19.0. The average molecular weight is 365 g/mol. The number of carbonyl (C=O) groups excluding carboxylic acids is 3. The molecule has 6 nitrogen and oxygen atoms in total. The van der Waals surface area contributed by atoms with Gasteiger partial charge in [0.1, 0.15) is 0 Å². The normalized spacial score (nSPS) is 20.9. The summed E-state index contributed by atoms with van der Waals surface area (Å²) in [5.41, 5.74) is 1.09. The second kappa shape index (κ2) is 6.54. The maximum atomic E-state index is 13.2. The molecule has 1 saturated heterocycles. The fourth-order valence-electron chi connectivity index (χ4n) is 3.97. The summed E-state index contributed by atoms with van der Waals surface area (Å²) in [5.74, 6) is -1.17. The van der Waals surface area contributed by atoms with Gasteiger partial charge < -0.3 is 14.4 Å². The minimum absolute atomic E-state index is 0.230. The van der Waals surface area contributed by atoms with Crippen LogP contribution in [-0.2, 0) is 15.1 Å². The van der Waals surface area contributed by atoms with Crippen LogP contribution in [0.4, 0.5) is 0 Å². The van der Waals surface area contributed by atoms with Crippen LogP contribution in [0.25, 0.3) is 0 Å². The van der Waals surface area contributed by atoms with Crippen LogP contribution in [0, 0.1) is 0 Å². The minimum atomic E-state index is -0.818.